The van der Waals surface area contributed by atoms with Gasteiger partial charge in [-0.1, -0.05) is 44.2 Å². The van der Waals surface area contributed by atoms with E-state index in [1.54, 1.807) is 16.7 Å². The Morgan fingerprint density at radius 3 is 2.42 bits per heavy atom. The first-order chi connectivity index (χ1) is 8.91. The van der Waals surface area contributed by atoms with Crippen LogP contribution in [0.2, 0.25) is 0 Å². The molecule has 4 heteroatoms. The highest BCUT2D eigenvalue weighted by atomic mass is 32.2. The van der Waals surface area contributed by atoms with Gasteiger partial charge in [0, 0.05) is 13.6 Å². The molecule has 0 aromatic heterocycles. The van der Waals surface area contributed by atoms with Crippen LogP contribution >= 0.6 is 11.8 Å². The minimum absolute atomic E-state index is 0.0515. The number of hydrogen-bond acceptors (Lipinski definition) is 3. The van der Waals surface area contributed by atoms with E-state index in [1.807, 2.05) is 43.6 Å². The summed E-state index contributed by atoms with van der Waals surface area (Å²) in [5.74, 6) is 0.139. The molecule has 0 spiro atoms. The average molecular weight is 280 g/mol. The molecule has 0 saturated heterocycles. The van der Waals surface area contributed by atoms with Gasteiger partial charge in [-0.3, -0.25) is 4.79 Å². The molecule has 0 bridgehead atoms. The summed E-state index contributed by atoms with van der Waals surface area (Å²) in [5.41, 5.74) is 6.73. The number of nitrogens with zero attached hydrogens (tertiary/aromatic N) is 1. The smallest absolute Gasteiger partial charge is 0.239 e. The standard InChI is InChI=1S/C15H24N2OS/c1-15(2,10-16)11-17(3)14(18)13(19-4)12-8-6-5-7-9-12/h5-9,13H,10-11,16H2,1-4H3. The Labute approximate surface area is 120 Å². The van der Waals surface area contributed by atoms with Gasteiger partial charge < -0.3 is 10.6 Å². The molecule has 19 heavy (non-hydrogen) atoms. The zero-order valence-corrected chi connectivity index (χ0v) is 13.0. The molecule has 2 N–H and O–H groups in total. The Morgan fingerprint density at radius 1 is 1.37 bits per heavy atom. The fourth-order valence-corrected chi connectivity index (χ4v) is 2.80. The normalized spacial score (nSPS) is 13.1. The Hall–Kier alpha value is -1.00. The van der Waals surface area contributed by atoms with Crippen LogP contribution in [0.4, 0.5) is 0 Å². The fraction of sp³-hybridized carbons (Fsp3) is 0.533. The van der Waals surface area contributed by atoms with Crippen molar-refractivity contribution in [1.29, 1.82) is 0 Å². The Bertz CT molecular complexity index is 406. The zero-order valence-electron chi connectivity index (χ0n) is 12.2. The summed E-state index contributed by atoms with van der Waals surface area (Å²) in [4.78, 5) is 14.3. The number of likely N-dealkylation sites (N-methyl/N-ethyl adjacent to an activating group) is 1. The van der Waals surface area contributed by atoms with Gasteiger partial charge in [-0.2, -0.15) is 0 Å². The van der Waals surface area contributed by atoms with Crippen LogP contribution in [0.15, 0.2) is 30.3 Å². The largest absolute Gasteiger partial charge is 0.344 e. The van der Waals surface area contributed by atoms with Gasteiger partial charge >= 0.3 is 0 Å². The van der Waals surface area contributed by atoms with Crippen molar-refractivity contribution in [3.05, 3.63) is 35.9 Å². The maximum absolute atomic E-state index is 12.5. The predicted octanol–water partition coefficient (Wildman–Crippen LogP) is 2.53. The highest BCUT2D eigenvalue weighted by Gasteiger charge is 2.26. The lowest BCUT2D eigenvalue weighted by Gasteiger charge is -2.31. The fourth-order valence-electron chi connectivity index (χ4n) is 1.99. The molecule has 0 heterocycles. The number of thioether (sulfide) groups is 1. The molecule has 0 aliphatic rings. The monoisotopic (exact) mass is 280 g/mol. The van der Waals surface area contributed by atoms with Crippen molar-refractivity contribution in [2.75, 3.05) is 26.4 Å². The van der Waals surface area contributed by atoms with Crippen LogP contribution in [-0.4, -0.2) is 37.2 Å². The van der Waals surface area contributed by atoms with Gasteiger partial charge in [0.1, 0.15) is 5.25 Å². The van der Waals surface area contributed by atoms with Crippen LogP contribution in [0.3, 0.4) is 0 Å². The number of carbonyl (C=O) groups excluding carboxylic acids is 1. The van der Waals surface area contributed by atoms with Crippen LogP contribution in [0.1, 0.15) is 24.7 Å². The predicted molar refractivity (Wildman–Crippen MR) is 83.2 cm³/mol. The summed E-state index contributed by atoms with van der Waals surface area (Å²) in [5, 5.41) is -0.139. The van der Waals surface area contributed by atoms with Gasteiger partial charge in [0.05, 0.1) is 0 Å². The Kier molecular flexibility index (Phi) is 5.88. The molecule has 0 saturated carbocycles. The highest BCUT2D eigenvalue weighted by Crippen LogP contribution is 2.29. The summed E-state index contributed by atoms with van der Waals surface area (Å²) in [7, 11) is 1.85. The van der Waals surface area contributed by atoms with E-state index in [0.717, 1.165) is 5.56 Å². The first-order valence-electron chi connectivity index (χ1n) is 6.44. The summed E-state index contributed by atoms with van der Waals surface area (Å²) in [6.07, 6.45) is 1.97. The van der Waals surface area contributed by atoms with Gasteiger partial charge in [0.25, 0.3) is 0 Å². The molecular weight excluding hydrogens is 256 g/mol. The van der Waals surface area contributed by atoms with E-state index >= 15 is 0 Å². The zero-order chi connectivity index (χ0) is 14.5. The van der Waals surface area contributed by atoms with E-state index in [2.05, 4.69) is 13.8 Å². The van der Waals surface area contributed by atoms with Crippen molar-refractivity contribution in [1.82, 2.24) is 4.90 Å². The summed E-state index contributed by atoms with van der Waals surface area (Å²) < 4.78 is 0. The second kappa shape index (κ2) is 6.96. The number of rotatable bonds is 6. The van der Waals surface area contributed by atoms with Crippen molar-refractivity contribution in [2.24, 2.45) is 11.1 Å². The van der Waals surface area contributed by atoms with E-state index in [0.29, 0.717) is 13.1 Å². The van der Waals surface area contributed by atoms with E-state index in [-0.39, 0.29) is 16.6 Å². The minimum atomic E-state index is -0.139. The molecular formula is C15H24N2OS. The molecule has 106 valence electrons. The van der Waals surface area contributed by atoms with Crippen LogP contribution in [0, 0.1) is 5.41 Å². The maximum atomic E-state index is 12.5. The third kappa shape index (κ3) is 4.55. The number of carbonyl (C=O) groups is 1. The molecule has 1 aromatic carbocycles. The minimum Gasteiger partial charge on any atom is -0.344 e. The van der Waals surface area contributed by atoms with E-state index < -0.39 is 0 Å². The number of hydrogen-bond donors (Lipinski definition) is 1. The molecule has 0 radical (unpaired) electrons. The van der Waals surface area contributed by atoms with Crippen molar-refractivity contribution in [3.63, 3.8) is 0 Å². The van der Waals surface area contributed by atoms with Gasteiger partial charge in [-0.15, -0.1) is 11.8 Å². The van der Waals surface area contributed by atoms with Gasteiger partial charge in [0.15, 0.2) is 0 Å². The van der Waals surface area contributed by atoms with Gasteiger partial charge in [-0.25, -0.2) is 0 Å². The second-order valence-corrected chi connectivity index (χ2v) is 6.53. The molecule has 3 nitrogen and oxygen atoms in total. The second-order valence-electron chi connectivity index (χ2n) is 5.59. The van der Waals surface area contributed by atoms with E-state index in [9.17, 15) is 4.79 Å². The van der Waals surface area contributed by atoms with Crippen molar-refractivity contribution >= 4 is 17.7 Å². The lowest BCUT2D eigenvalue weighted by Crippen LogP contribution is -2.41. The van der Waals surface area contributed by atoms with Crippen LogP contribution in [0.5, 0.6) is 0 Å². The quantitative estimate of drug-likeness (QED) is 0.871. The van der Waals surface area contributed by atoms with Crippen molar-refractivity contribution in [2.45, 2.75) is 19.1 Å². The Balaban J connectivity index is 2.80. The first-order valence-corrected chi connectivity index (χ1v) is 7.73. The van der Waals surface area contributed by atoms with Crippen LogP contribution in [0.25, 0.3) is 0 Å². The van der Waals surface area contributed by atoms with Gasteiger partial charge in [-0.05, 0) is 23.8 Å². The number of nitrogens with two attached hydrogens (primary N) is 1. The lowest BCUT2D eigenvalue weighted by atomic mass is 9.93. The molecule has 1 unspecified atom stereocenters. The number of benzene rings is 1. The average Bonchev–Trinajstić information content (AvgIpc) is 2.40. The summed E-state index contributed by atoms with van der Waals surface area (Å²) >= 11 is 1.57. The van der Waals surface area contributed by atoms with Crippen molar-refractivity contribution in [3.8, 4) is 0 Å². The molecule has 1 aromatic rings. The molecule has 1 atom stereocenters. The molecule has 0 aliphatic heterocycles. The topological polar surface area (TPSA) is 46.3 Å². The molecule has 1 rings (SSSR count). The number of amides is 1. The first kappa shape index (κ1) is 16.1. The molecule has 0 fully saturated rings. The van der Waals surface area contributed by atoms with Crippen LogP contribution < -0.4 is 5.73 Å². The van der Waals surface area contributed by atoms with E-state index in [1.165, 1.54) is 0 Å². The Morgan fingerprint density at radius 2 is 1.95 bits per heavy atom. The third-order valence-corrected chi connectivity index (χ3v) is 4.10. The van der Waals surface area contributed by atoms with Crippen LogP contribution in [-0.2, 0) is 4.79 Å². The lowest BCUT2D eigenvalue weighted by molar-refractivity contribution is -0.130. The molecule has 1 amide bonds. The maximum Gasteiger partial charge on any atom is 0.239 e. The SMILES string of the molecule is CSC(C(=O)N(C)CC(C)(C)CN)c1ccccc1. The highest BCUT2D eigenvalue weighted by molar-refractivity contribution is 7.99. The molecule has 0 aliphatic carbocycles. The van der Waals surface area contributed by atoms with Crippen molar-refractivity contribution < 1.29 is 4.79 Å². The summed E-state index contributed by atoms with van der Waals surface area (Å²) in [6, 6.07) is 9.90. The summed E-state index contributed by atoms with van der Waals surface area (Å²) in [6.45, 7) is 5.40. The van der Waals surface area contributed by atoms with E-state index in [4.69, 9.17) is 5.73 Å². The third-order valence-electron chi connectivity index (χ3n) is 3.16. The van der Waals surface area contributed by atoms with Gasteiger partial charge in [0.2, 0.25) is 5.91 Å².